The molecule has 3 nitrogen and oxygen atoms in total. The Morgan fingerprint density at radius 1 is 0.222 bits per heavy atom. The van der Waals surface area contributed by atoms with E-state index in [-0.39, 0.29) is 0 Å². The van der Waals surface area contributed by atoms with E-state index in [0.29, 0.717) is 0 Å². The smallest absolute Gasteiger partial charge is 0.137 e. The minimum Gasteiger partial charge on any atom is -0.456 e. The molecular formula is C60H38N2O. The third kappa shape index (κ3) is 5.75. The van der Waals surface area contributed by atoms with Gasteiger partial charge in [0, 0.05) is 49.8 Å². The topological polar surface area (TPSA) is 23.0 Å². The maximum atomic E-state index is 6.34. The lowest BCUT2D eigenvalue weighted by Gasteiger charge is -2.11. The predicted molar refractivity (Wildman–Crippen MR) is 264 cm³/mol. The fraction of sp³-hybridized carbons (Fsp3) is 0. The molecule has 0 N–H and O–H groups in total. The number of aromatic nitrogens is 2. The Hall–Kier alpha value is -8.40. The van der Waals surface area contributed by atoms with E-state index >= 15 is 0 Å². The molecule has 0 saturated carbocycles. The molecule has 0 unspecified atom stereocenters. The van der Waals surface area contributed by atoms with Crippen molar-refractivity contribution < 1.29 is 4.42 Å². The van der Waals surface area contributed by atoms with Crippen molar-refractivity contribution >= 4 is 65.6 Å². The van der Waals surface area contributed by atoms with E-state index in [1.54, 1.807) is 0 Å². The zero-order valence-electron chi connectivity index (χ0n) is 34.2. The molecule has 0 aliphatic heterocycles. The minimum absolute atomic E-state index is 0.904. The molecule has 0 fully saturated rings. The molecule has 3 heterocycles. The molecule has 3 aromatic heterocycles. The number of benzene rings is 10. The first-order valence-electron chi connectivity index (χ1n) is 21.6. The van der Waals surface area contributed by atoms with Crippen LogP contribution in [0.1, 0.15) is 0 Å². The van der Waals surface area contributed by atoms with Gasteiger partial charge in [0.25, 0.3) is 0 Å². The van der Waals surface area contributed by atoms with E-state index in [1.165, 1.54) is 82.6 Å². The van der Waals surface area contributed by atoms with Crippen LogP contribution < -0.4 is 0 Å². The van der Waals surface area contributed by atoms with E-state index in [0.717, 1.165) is 38.8 Å². The first-order chi connectivity index (χ1) is 31.2. The van der Waals surface area contributed by atoms with Gasteiger partial charge in [-0.2, -0.15) is 0 Å². The average molecular weight is 803 g/mol. The van der Waals surface area contributed by atoms with Crippen molar-refractivity contribution in [2.75, 3.05) is 0 Å². The Balaban J connectivity index is 0.823. The Bertz CT molecular complexity index is 3760. The third-order valence-electron chi connectivity index (χ3n) is 13.0. The minimum atomic E-state index is 0.904. The van der Waals surface area contributed by atoms with Gasteiger partial charge in [0.15, 0.2) is 0 Å². The number of para-hydroxylation sites is 2. The first-order valence-corrected chi connectivity index (χ1v) is 21.6. The van der Waals surface area contributed by atoms with Crippen molar-refractivity contribution in [1.29, 1.82) is 0 Å². The first kappa shape index (κ1) is 35.4. The fourth-order valence-electron chi connectivity index (χ4n) is 9.85. The maximum Gasteiger partial charge on any atom is 0.137 e. The van der Waals surface area contributed by atoms with Crippen molar-refractivity contribution in [3.05, 3.63) is 231 Å². The van der Waals surface area contributed by atoms with Gasteiger partial charge in [-0.3, -0.25) is 0 Å². The van der Waals surface area contributed by atoms with Crippen LogP contribution in [0.15, 0.2) is 235 Å². The van der Waals surface area contributed by atoms with Gasteiger partial charge in [0.1, 0.15) is 11.2 Å². The zero-order valence-corrected chi connectivity index (χ0v) is 34.2. The Labute approximate surface area is 363 Å². The number of nitrogens with zero attached hydrogens (tertiary/aromatic N) is 2. The third-order valence-corrected chi connectivity index (χ3v) is 13.0. The van der Waals surface area contributed by atoms with E-state index in [1.807, 2.05) is 12.1 Å². The monoisotopic (exact) mass is 802 g/mol. The molecule has 63 heavy (non-hydrogen) atoms. The Morgan fingerprint density at radius 2 is 0.619 bits per heavy atom. The van der Waals surface area contributed by atoms with Gasteiger partial charge in [-0.05, 0) is 111 Å². The number of fused-ring (bicyclic) bond motifs is 9. The van der Waals surface area contributed by atoms with Gasteiger partial charge in [0.2, 0.25) is 0 Å². The normalized spacial score (nSPS) is 11.8. The summed E-state index contributed by atoms with van der Waals surface area (Å²) in [7, 11) is 0. The van der Waals surface area contributed by atoms with E-state index in [4.69, 9.17) is 4.42 Å². The lowest BCUT2D eigenvalue weighted by Crippen LogP contribution is -1.94. The molecule has 0 amide bonds. The maximum absolute atomic E-state index is 6.34. The van der Waals surface area contributed by atoms with Gasteiger partial charge >= 0.3 is 0 Å². The molecule has 0 aliphatic rings. The van der Waals surface area contributed by atoms with Crippen LogP contribution in [0.3, 0.4) is 0 Å². The number of furan rings is 1. The van der Waals surface area contributed by atoms with Crippen LogP contribution in [0.2, 0.25) is 0 Å². The molecular weight excluding hydrogens is 765 g/mol. The van der Waals surface area contributed by atoms with Crippen LogP contribution in [-0.4, -0.2) is 9.13 Å². The van der Waals surface area contributed by atoms with Crippen LogP contribution in [-0.2, 0) is 0 Å². The molecule has 0 atom stereocenters. The Kier molecular flexibility index (Phi) is 7.91. The highest BCUT2D eigenvalue weighted by molar-refractivity contribution is 6.17. The SMILES string of the molecule is c1ccc(-c2ccc3c(c2)c2cc(-c4ccccc4)ccc2n3-c2ccc(-c3ccc(-c4ccc(-n5c6ccccc6c6cc7c(cc65)oc5ccccc57)cc4)cc3)cc2)cc1. The zero-order chi connectivity index (χ0) is 41.4. The quantitative estimate of drug-likeness (QED) is 0.164. The van der Waals surface area contributed by atoms with Crippen LogP contribution in [0.25, 0.3) is 121 Å². The summed E-state index contributed by atoms with van der Waals surface area (Å²) in [4.78, 5) is 0. The van der Waals surface area contributed by atoms with Gasteiger partial charge in [-0.15, -0.1) is 0 Å². The summed E-state index contributed by atoms with van der Waals surface area (Å²) in [6.07, 6.45) is 0. The number of rotatable bonds is 6. The largest absolute Gasteiger partial charge is 0.456 e. The molecule has 3 heteroatoms. The summed E-state index contributed by atoms with van der Waals surface area (Å²) in [5, 5.41) is 7.25. The second-order valence-corrected chi connectivity index (χ2v) is 16.5. The van der Waals surface area contributed by atoms with Gasteiger partial charge in [-0.25, -0.2) is 0 Å². The molecule has 13 rings (SSSR count). The standard InChI is InChI=1S/C60H38N2O/c1-3-11-39(12-4-1)45-27-33-56-51(35-45)52-36-46(40-13-5-2-6-14-40)28-34-57(52)61(56)47-29-23-43(24-30-47)41-19-21-42(22-20-41)44-25-31-48(32-26-44)62-55-17-9-7-15-49(55)53-37-54-50-16-8-10-18-59(50)63-60(54)38-58(53)62/h1-38H. The van der Waals surface area contributed by atoms with Gasteiger partial charge in [0.05, 0.1) is 22.1 Å². The van der Waals surface area contributed by atoms with Crippen molar-refractivity contribution in [2.24, 2.45) is 0 Å². The molecule has 0 saturated heterocycles. The highest BCUT2D eigenvalue weighted by Gasteiger charge is 2.18. The summed E-state index contributed by atoms with van der Waals surface area (Å²) in [6, 6.07) is 83.4. The summed E-state index contributed by atoms with van der Waals surface area (Å²) in [5.41, 5.74) is 18.4. The molecule has 0 spiro atoms. The van der Waals surface area contributed by atoms with Gasteiger partial charge < -0.3 is 13.6 Å². The predicted octanol–water partition coefficient (Wildman–Crippen LogP) is 16.4. The van der Waals surface area contributed by atoms with Crippen molar-refractivity contribution in [2.45, 2.75) is 0 Å². The van der Waals surface area contributed by atoms with Crippen LogP contribution in [0.4, 0.5) is 0 Å². The summed E-state index contributed by atoms with van der Waals surface area (Å²) >= 11 is 0. The Morgan fingerprint density at radius 3 is 1.17 bits per heavy atom. The molecule has 0 aliphatic carbocycles. The molecule has 0 radical (unpaired) electrons. The molecule has 10 aromatic carbocycles. The van der Waals surface area contributed by atoms with Gasteiger partial charge in [-0.1, -0.05) is 158 Å². The average Bonchev–Trinajstić information content (AvgIpc) is 4.00. The van der Waals surface area contributed by atoms with Crippen LogP contribution in [0, 0.1) is 0 Å². The number of hydrogen-bond donors (Lipinski definition) is 0. The van der Waals surface area contributed by atoms with Crippen molar-refractivity contribution in [1.82, 2.24) is 9.13 Å². The molecule has 294 valence electrons. The van der Waals surface area contributed by atoms with Crippen LogP contribution >= 0.6 is 0 Å². The van der Waals surface area contributed by atoms with E-state index < -0.39 is 0 Å². The highest BCUT2D eigenvalue weighted by Crippen LogP contribution is 2.40. The number of hydrogen-bond acceptors (Lipinski definition) is 1. The van der Waals surface area contributed by atoms with Crippen molar-refractivity contribution in [3.63, 3.8) is 0 Å². The lowest BCUT2D eigenvalue weighted by molar-refractivity contribution is 0.669. The van der Waals surface area contributed by atoms with Crippen molar-refractivity contribution in [3.8, 4) is 55.9 Å². The second kappa shape index (κ2) is 14.1. The fourth-order valence-corrected chi connectivity index (χ4v) is 9.85. The second-order valence-electron chi connectivity index (χ2n) is 16.5. The molecule has 13 aromatic rings. The summed E-state index contributed by atoms with van der Waals surface area (Å²) < 4.78 is 11.1. The van der Waals surface area contributed by atoms with E-state index in [9.17, 15) is 0 Å². The molecule has 0 bridgehead atoms. The van der Waals surface area contributed by atoms with Crippen LogP contribution in [0.5, 0.6) is 0 Å². The van der Waals surface area contributed by atoms with E-state index in [2.05, 4.69) is 228 Å². The highest BCUT2D eigenvalue weighted by atomic mass is 16.3. The summed E-state index contributed by atoms with van der Waals surface area (Å²) in [6.45, 7) is 0. The summed E-state index contributed by atoms with van der Waals surface area (Å²) in [5.74, 6) is 0. The lowest BCUT2D eigenvalue weighted by atomic mass is 10.00.